The summed E-state index contributed by atoms with van der Waals surface area (Å²) in [6, 6.07) is 14.1. The number of aliphatic hydroxyl groups is 1. The first kappa shape index (κ1) is 19.3. The lowest BCUT2D eigenvalue weighted by molar-refractivity contribution is -0.122. The Morgan fingerprint density at radius 1 is 0.867 bits per heavy atom. The van der Waals surface area contributed by atoms with Gasteiger partial charge < -0.3 is 14.9 Å². The largest absolute Gasteiger partial charge is 0.390 e. The van der Waals surface area contributed by atoms with Crippen LogP contribution in [0.4, 0.5) is 5.69 Å². The van der Waals surface area contributed by atoms with E-state index in [1.54, 1.807) is 9.80 Å². The highest BCUT2D eigenvalue weighted by molar-refractivity contribution is 6.01. The van der Waals surface area contributed by atoms with Gasteiger partial charge in [-0.1, -0.05) is 24.3 Å². The predicted octanol–water partition coefficient (Wildman–Crippen LogP) is 1.84. The molecular formula is C24H27N3O3. The average molecular weight is 405 g/mol. The van der Waals surface area contributed by atoms with Crippen LogP contribution < -0.4 is 4.90 Å². The maximum Gasteiger partial charge on any atom is 0.254 e. The summed E-state index contributed by atoms with van der Waals surface area (Å²) in [7, 11) is 0. The zero-order valence-electron chi connectivity index (χ0n) is 17.1. The molecular weight excluding hydrogens is 378 g/mol. The summed E-state index contributed by atoms with van der Waals surface area (Å²) in [6.45, 7) is 4.06. The molecule has 5 rings (SSSR count). The zero-order chi connectivity index (χ0) is 20.7. The minimum Gasteiger partial charge on any atom is -0.390 e. The first-order valence-electron chi connectivity index (χ1n) is 10.8. The van der Waals surface area contributed by atoms with Gasteiger partial charge in [0.2, 0.25) is 5.91 Å². The highest BCUT2D eigenvalue weighted by Gasteiger charge is 2.30. The summed E-state index contributed by atoms with van der Waals surface area (Å²) in [6.07, 6.45) is 1.78. The monoisotopic (exact) mass is 405 g/mol. The van der Waals surface area contributed by atoms with Gasteiger partial charge in [0.05, 0.1) is 6.10 Å². The lowest BCUT2D eigenvalue weighted by Gasteiger charge is -2.35. The van der Waals surface area contributed by atoms with E-state index in [1.165, 1.54) is 11.1 Å². The summed E-state index contributed by atoms with van der Waals surface area (Å²) >= 11 is 0. The van der Waals surface area contributed by atoms with Gasteiger partial charge in [-0.2, -0.15) is 0 Å². The molecule has 6 nitrogen and oxygen atoms in total. The maximum absolute atomic E-state index is 13.0. The molecule has 2 aromatic carbocycles. The van der Waals surface area contributed by atoms with Crippen LogP contribution >= 0.6 is 0 Å². The maximum atomic E-state index is 13.0. The number of anilines is 1. The number of β-lactam (4-membered cyclic amide) rings is 1. The number of hydrogen-bond acceptors (Lipinski definition) is 4. The van der Waals surface area contributed by atoms with Crippen molar-refractivity contribution in [3.05, 3.63) is 64.7 Å². The molecule has 0 aromatic heterocycles. The van der Waals surface area contributed by atoms with Gasteiger partial charge >= 0.3 is 0 Å². The highest BCUT2D eigenvalue weighted by atomic mass is 16.3. The van der Waals surface area contributed by atoms with Crippen LogP contribution in [0.2, 0.25) is 0 Å². The van der Waals surface area contributed by atoms with Crippen LogP contribution in [0.25, 0.3) is 0 Å². The van der Waals surface area contributed by atoms with E-state index in [0.29, 0.717) is 31.6 Å². The topological polar surface area (TPSA) is 64.1 Å². The number of aliphatic hydroxyl groups excluding tert-OH is 1. The van der Waals surface area contributed by atoms with Gasteiger partial charge in [0.15, 0.2) is 0 Å². The fourth-order valence-corrected chi connectivity index (χ4v) is 4.77. The molecule has 0 radical (unpaired) electrons. The van der Waals surface area contributed by atoms with Crippen LogP contribution in [0.3, 0.4) is 0 Å². The molecule has 0 saturated carbocycles. The second kappa shape index (κ2) is 7.85. The minimum atomic E-state index is -0.571. The van der Waals surface area contributed by atoms with Crippen molar-refractivity contribution in [2.45, 2.75) is 31.9 Å². The Hall–Kier alpha value is -2.70. The van der Waals surface area contributed by atoms with E-state index in [1.807, 2.05) is 18.2 Å². The molecule has 0 unspecified atom stereocenters. The average Bonchev–Trinajstić information content (AvgIpc) is 2.74. The number of rotatable bonds is 5. The summed E-state index contributed by atoms with van der Waals surface area (Å²) in [5.41, 5.74) is 5.30. The third-order valence-electron chi connectivity index (χ3n) is 6.53. The molecule has 0 bridgehead atoms. The summed E-state index contributed by atoms with van der Waals surface area (Å²) in [4.78, 5) is 30.4. The van der Waals surface area contributed by atoms with E-state index in [2.05, 4.69) is 29.2 Å². The smallest absolute Gasteiger partial charge is 0.254 e. The van der Waals surface area contributed by atoms with Crippen molar-refractivity contribution >= 4 is 17.5 Å². The van der Waals surface area contributed by atoms with Crippen molar-refractivity contribution < 1.29 is 14.7 Å². The quantitative estimate of drug-likeness (QED) is 0.771. The van der Waals surface area contributed by atoms with Gasteiger partial charge in [-0.3, -0.25) is 14.5 Å². The van der Waals surface area contributed by atoms with E-state index < -0.39 is 6.10 Å². The molecule has 1 fully saturated rings. The number of benzene rings is 2. The molecule has 3 heterocycles. The standard InChI is InChI=1S/C24H27N3O3/c28-21(15-25-10-7-17-3-1-2-4-19(17)14-25)16-26-11-8-18-13-20(27-12-9-23(27)29)5-6-22(18)24(26)30/h1-6,13,21,28H,7-12,14-16H2/t21-/m1/s1. The molecule has 1 saturated heterocycles. The Bertz CT molecular complexity index is 989. The Morgan fingerprint density at radius 2 is 1.67 bits per heavy atom. The molecule has 2 amide bonds. The normalized spacial score (nSPS) is 19.9. The van der Waals surface area contributed by atoms with Crippen molar-refractivity contribution in [2.75, 3.05) is 37.6 Å². The lowest BCUT2D eigenvalue weighted by Crippen LogP contribution is -2.46. The van der Waals surface area contributed by atoms with Gasteiger partial charge in [0, 0.05) is 56.9 Å². The van der Waals surface area contributed by atoms with Crippen LogP contribution in [0.15, 0.2) is 42.5 Å². The van der Waals surface area contributed by atoms with Crippen LogP contribution in [0.1, 0.15) is 33.5 Å². The first-order chi connectivity index (χ1) is 14.6. The number of carbonyl (C=O) groups is 2. The molecule has 0 spiro atoms. The first-order valence-corrected chi connectivity index (χ1v) is 10.8. The third kappa shape index (κ3) is 3.61. The van der Waals surface area contributed by atoms with Crippen molar-refractivity contribution in [3.63, 3.8) is 0 Å². The Morgan fingerprint density at radius 3 is 2.43 bits per heavy atom. The Balaban J connectivity index is 1.20. The summed E-state index contributed by atoms with van der Waals surface area (Å²) in [5.74, 6) is 0.114. The molecule has 0 aliphatic carbocycles. The fraction of sp³-hybridized carbons (Fsp3) is 0.417. The van der Waals surface area contributed by atoms with Gasteiger partial charge in [-0.15, -0.1) is 0 Å². The van der Waals surface area contributed by atoms with Crippen molar-refractivity contribution in [1.82, 2.24) is 9.80 Å². The number of hydrogen-bond donors (Lipinski definition) is 1. The van der Waals surface area contributed by atoms with Crippen LogP contribution in [-0.4, -0.2) is 65.5 Å². The van der Waals surface area contributed by atoms with E-state index in [4.69, 9.17) is 0 Å². The number of fused-ring (bicyclic) bond motifs is 2. The molecule has 2 aromatic rings. The van der Waals surface area contributed by atoms with Crippen LogP contribution in [0, 0.1) is 0 Å². The van der Waals surface area contributed by atoms with Gasteiger partial charge in [-0.05, 0) is 47.7 Å². The van der Waals surface area contributed by atoms with Crippen molar-refractivity contribution in [2.24, 2.45) is 0 Å². The van der Waals surface area contributed by atoms with Gasteiger partial charge in [0.1, 0.15) is 0 Å². The number of nitrogens with zero attached hydrogens (tertiary/aromatic N) is 3. The van der Waals surface area contributed by atoms with Crippen molar-refractivity contribution in [1.29, 1.82) is 0 Å². The third-order valence-corrected chi connectivity index (χ3v) is 6.53. The second-order valence-electron chi connectivity index (χ2n) is 8.55. The van der Waals surface area contributed by atoms with Crippen LogP contribution in [0.5, 0.6) is 0 Å². The molecule has 3 aliphatic heterocycles. The molecule has 1 atom stereocenters. The number of carbonyl (C=O) groups excluding carboxylic acids is 2. The molecule has 156 valence electrons. The Kier molecular flexibility index (Phi) is 5.05. The zero-order valence-corrected chi connectivity index (χ0v) is 17.1. The summed E-state index contributed by atoms with van der Waals surface area (Å²) in [5, 5.41) is 10.7. The van der Waals surface area contributed by atoms with E-state index in [-0.39, 0.29) is 11.8 Å². The van der Waals surface area contributed by atoms with Crippen molar-refractivity contribution in [3.8, 4) is 0 Å². The summed E-state index contributed by atoms with van der Waals surface area (Å²) < 4.78 is 0. The van der Waals surface area contributed by atoms with Crippen LogP contribution in [-0.2, 0) is 24.2 Å². The molecule has 30 heavy (non-hydrogen) atoms. The van der Waals surface area contributed by atoms with E-state index in [9.17, 15) is 14.7 Å². The van der Waals surface area contributed by atoms with Gasteiger partial charge in [-0.25, -0.2) is 0 Å². The highest BCUT2D eigenvalue weighted by Crippen LogP contribution is 2.28. The second-order valence-corrected chi connectivity index (χ2v) is 8.55. The lowest BCUT2D eigenvalue weighted by atomic mass is 9.96. The Labute approximate surface area is 176 Å². The number of amides is 2. The van der Waals surface area contributed by atoms with E-state index >= 15 is 0 Å². The van der Waals surface area contributed by atoms with Gasteiger partial charge in [0.25, 0.3) is 5.91 Å². The SMILES string of the molecule is O=C1c2ccc(N3CCC3=O)cc2CCN1C[C@H](O)CN1CCc2ccccc2C1. The minimum absolute atomic E-state index is 0.0271. The fourth-order valence-electron chi connectivity index (χ4n) is 4.77. The molecule has 3 aliphatic rings. The molecule has 1 N–H and O–H groups in total. The van der Waals surface area contributed by atoms with E-state index in [0.717, 1.165) is 43.7 Å². The number of β-amino-alcohol motifs (C(OH)–C–C–N with tert-alkyl or cyclic N) is 1. The molecule has 6 heteroatoms. The predicted molar refractivity (Wildman–Crippen MR) is 114 cm³/mol.